The van der Waals surface area contributed by atoms with Gasteiger partial charge in [0.15, 0.2) is 0 Å². The minimum Gasteiger partial charge on any atom is -0.371 e. The topological polar surface area (TPSA) is 119 Å². The first-order valence-corrected chi connectivity index (χ1v) is 11.1. The molecule has 35 heavy (non-hydrogen) atoms. The van der Waals surface area contributed by atoms with E-state index in [1.807, 2.05) is 36.4 Å². The molecule has 1 fully saturated rings. The fourth-order valence-corrected chi connectivity index (χ4v) is 4.25. The minimum atomic E-state index is -0.773. The fourth-order valence-electron chi connectivity index (χ4n) is 4.25. The molecule has 0 spiro atoms. The van der Waals surface area contributed by atoms with Gasteiger partial charge in [-0.15, -0.1) is 0 Å². The van der Waals surface area contributed by atoms with E-state index in [1.54, 1.807) is 0 Å². The third-order valence-corrected chi connectivity index (χ3v) is 6.18. The number of hydrogen-bond acceptors (Lipinski definition) is 6. The van der Waals surface area contributed by atoms with Gasteiger partial charge >= 0.3 is 0 Å². The van der Waals surface area contributed by atoms with E-state index >= 15 is 0 Å². The van der Waals surface area contributed by atoms with Crippen molar-refractivity contribution in [2.45, 2.75) is 25.3 Å². The van der Waals surface area contributed by atoms with Gasteiger partial charge < -0.3 is 10.2 Å². The van der Waals surface area contributed by atoms with E-state index in [0.29, 0.717) is 5.92 Å². The lowest BCUT2D eigenvalue weighted by molar-refractivity contribution is -0.394. The predicted octanol–water partition coefficient (Wildman–Crippen LogP) is 4.96. The molecule has 180 valence electrons. The van der Waals surface area contributed by atoms with Crippen LogP contribution >= 0.6 is 0 Å². The van der Waals surface area contributed by atoms with E-state index in [0.717, 1.165) is 60.9 Å². The summed E-state index contributed by atoms with van der Waals surface area (Å²) in [5.41, 5.74) is 1.86. The van der Waals surface area contributed by atoms with Gasteiger partial charge in [0, 0.05) is 37.5 Å². The van der Waals surface area contributed by atoms with Crippen LogP contribution in [0.3, 0.4) is 0 Å². The average molecular weight is 478 g/mol. The molecule has 0 aromatic heterocycles. The van der Waals surface area contributed by atoms with Crippen molar-refractivity contribution in [3.05, 3.63) is 109 Å². The van der Waals surface area contributed by atoms with Gasteiger partial charge in [-0.3, -0.25) is 25.0 Å². The van der Waals surface area contributed by atoms with Crippen molar-refractivity contribution >= 4 is 23.0 Å². The molecule has 9 nitrogen and oxygen atoms in total. The van der Waals surface area contributed by atoms with E-state index < -0.39 is 27.1 Å². The molecule has 1 aliphatic rings. The lowest BCUT2D eigenvalue weighted by Gasteiger charge is -2.34. The Kier molecular flexibility index (Phi) is 7.00. The third kappa shape index (κ3) is 5.78. The summed E-state index contributed by atoms with van der Waals surface area (Å²) < 4.78 is 13.2. The lowest BCUT2D eigenvalue weighted by Crippen LogP contribution is -2.32. The Labute approximate surface area is 200 Å². The van der Waals surface area contributed by atoms with Crippen molar-refractivity contribution in [2.75, 3.05) is 18.0 Å². The molecule has 0 radical (unpaired) electrons. The second kappa shape index (κ2) is 10.3. The van der Waals surface area contributed by atoms with Crippen molar-refractivity contribution in [1.29, 1.82) is 0 Å². The van der Waals surface area contributed by atoms with Crippen LogP contribution in [0.2, 0.25) is 0 Å². The van der Waals surface area contributed by atoms with Crippen LogP contribution in [0.15, 0.2) is 66.7 Å². The van der Waals surface area contributed by atoms with Gasteiger partial charge in [-0.1, -0.05) is 24.3 Å². The zero-order chi connectivity index (χ0) is 24.9. The van der Waals surface area contributed by atoms with Crippen LogP contribution in [-0.2, 0) is 6.54 Å². The Morgan fingerprint density at radius 1 is 0.914 bits per heavy atom. The highest BCUT2D eigenvalue weighted by molar-refractivity contribution is 5.95. The van der Waals surface area contributed by atoms with Crippen LogP contribution in [0.25, 0.3) is 0 Å². The molecular formula is C25H23FN4O5. The predicted molar refractivity (Wildman–Crippen MR) is 128 cm³/mol. The SMILES string of the molecule is O=C(NCc1ccc(N2CCC(c3ccc(F)cc3)CC2)cc1)c1cc([N+](=O)[O-])cc([N+](=O)[O-])c1. The summed E-state index contributed by atoms with van der Waals surface area (Å²) in [6.07, 6.45) is 1.94. The number of nitro groups is 2. The Hall–Kier alpha value is -4.34. The number of carbonyl (C=O) groups excluding carboxylic acids is 1. The molecule has 0 atom stereocenters. The van der Waals surface area contributed by atoms with Gasteiger partial charge in [0.05, 0.1) is 21.5 Å². The van der Waals surface area contributed by atoms with Crippen molar-refractivity contribution in [2.24, 2.45) is 0 Å². The number of nitrogens with zero attached hydrogens (tertiary/aromatic N) is 3. The van der Waals surface area contributed by atoms with Crippen molar-refractivity contribution < 1.29 is 19.0 Å². The Balaban J connectivity index is 1.34. The number of nitrogens with one attached hydrogen (secondary N) is 1. The fraction of sp³-hybridized carbons (Fsp3) is 0.240. The number of carbonyl (C=O) groups is 1. The summed E-state index contributed by atoms with van der Waals surface area (Å²) >= 11 is 0. The summed E-state index contributed by atoms with van der Waals surface area (Å²) in [6, 6.07) is 17.3. The first-order chi connectivity index (χ1) is 16.8. The maximum absolute atomic E-state index is 13.2. The first-order valence-electron chi connectivity index (χ1n) is 11.1. The number of non-ortho nitro benzene ring substituents is 2. The first kappa shape index (κ1) is 23.8. The highest BCUT2D eigenvalue weighted by Gasteiger charge is 2.22. The van der Waals surface area contributed by atoms with Gasteiger partial charge in [0.1, 0.15) is 5.82 Å². The highest BCUT2D eigenvalue weighted by atomic mass is 19.1. The molecule has 1 amide bonds. The number of nitro benzene ring substituents is 2. The third-order valence-electron chi connectivity index (χ3n) is 6.18. The van der Waals surface area contributed by atoms with Gasteiger partial charge in [-0.25, -0.2) is 4.39 Å². The summed E-state index contributed by atoms with van der Waals surface area (Å²) in [5.74, 6) is -0.455. The summed E-state index contributed by atoms with van der Waals surface area (Å²) in [5, 5.41) is 24.7. The number of hydrogen-bond donors (Lipinski definition) is 1. The van der Waals surface area contributed by atoms with Crippen LogP contribution in [0, 0.1) is 26.0 Å². The monoisotopic (exact) mass is 478 g/mol. The molecule has 10 heteroatoms. The van der Waals surface area contributed by atoms with E-state index in [1.165, 1.54) is 12.1 Å². The van der Waals surface area contributed by atoms with E-state index in [4.69, 9.17) is 0 Å². The smallest absolute Gasteiger partial charge is 0.277 e. The average Bonchev–Trinajstić information content (AvgIpc) is 2.88. The molecule has 1 saturated heterocycles. The Bertz CT molecular complexity index is 1210. The zero-order valence-corrected chi connectivity index (χ0v) is 18.7. The molecule has 1 N–H and O–H groups in total. The van der Waals surface area contributed by atoms with Gasteiger partial charge in [-0.05, 0) is 54.2 Å². The van der Waals surface area contributed by atoms with Crippen molar-refractivity contribution in [3.8, 4) is 0 Å². The zero-order valence-electron chi connectivity index (χ0n) is 18.7. The summed E-state index contributed by atoms with van der Waals surface area (Å²) in [4.78, 5) is 35.3. The van der Waals surface area contributed by atoms with E-state index in [-0.39, 0.29) is 17.9 Å². The van der Waals surface area contributed by atoms with Crippen LogP contribution < -0.4 is 10.2 Å². The normalized spacial score (nSPS) is 13.9. The number of rotatable bonds is 7. The van der Waals surface area contributed by atoms with E-state index in [2.05, 4.69) is 10.2 Å². The molecule has 3 aromatic rings. The standard InChI is InChI=1S/C25H23FN4O5/c26-21-5-3-18(4-6-21)19-9-11-28(12-10-19)22-7-1-17(2-8-22)16-27-25(31)20-13-23(29(32)33)15-24(14-20)30(34)35/h1-8,13-15,19H,9-12,16H2,(H,27,31). The number of piperidine rings is 1. The van der Waals surface area contributed by atoms with Gasteiger partial charge in [-0.2, -0.15) is 0 Å². The minimum absolute atomic E-state index is 0.147. The summed E-state index contributed by atoms with van der Waals surface area (Å²) in [6.45, 7) is 1.93. The molecule has 1 heterocycles. The molecule has 3 aromatic carbocycles. The molecule has 0 unspecified atom stereocenters. The van der Waals surface area contributed by atoms with Crippen LogP contribution in [-0.4, -0.2) is 28.8 Å². The van der Waals surface area contributed by atoms with Crippen LogP contribution in [0.4, 0.5) is 21.5 Å². The second-order valence-electron chi connectivity index (χ2n) is 8.41. The maximum atomic E-state index is 13.2. The number of amides is 1. The molecule has 4 rings (SSSR count). The van der Waals surface area contributed by atoms with Gasteiger partial charge in [0.25, 0.3) is 17.3 Å². The molecule has 0 aliphatic carbocycles. The lowest BCUT2D eigenvalue weighted by atomic mass is 9.89. The highest BCUT2D eigenvalue weighted by Crippen LogP contribution is 2.30. The molecule has 1 aliphatic heterocycles. The number of benzene rings is 3. The largest absolute Gasteiger partial charge is 0.371 e. The van der Waals surface area contributed by atoms with Crippen molar-refractivity contribution in [3.63, 3.8) is 0 Å². The summed E-state index contributed by atoms with van der Waals surface area (Å²) in [7, 11) is 0. The number of anilines is 1. The molecular weight excluding hydrogens is 455 g/mol. The number of halogens is 1. The van der Waals surface area contributed by atoms with E-state index in [9.17, 15) is 29.4 Å². The Morgan fingerprint density at radius 3 is 2.03 bits per heavy atom. The Morgan fingerprint density at radius 2 is 1.49 bits per heavy atom. The van der Waals surface area contributed by atoms with Crippen molar-refractivity contribution in [1.82, 2.24) is 5.32 Å². The quantitative estimate of drug-likeness (QED) is 0.379. The van der Waals surface area contributed by atoms with Crippen LogP contribution in [0.5, 0.6) is 0 Å². The maximum Gasteiger partial charge on any atom is 0.277 e. The van der Waals surface area contributed by atoms with Gasteiger partial charge in [0.2, 0.25) is 0 Å². The molecule has 0 bridgehead atoms. The second-order valence-corrected chi connectivity index (χ2v) is 8.41. The van der Waals surface area contributed by atoms with Crippen LogP contribution in [0.1, 0.15) is 40.2 Å². The molecule has 0 saturated carbocycles.